The molecule has 1 unspecified atom stereocenters. The van der Waals surface area contributed by atoms with Crippen LogP contribution in [0.5, 0.6) is 0 Å². The molecular weight excluding hydrogens is 238 g/mol. The highest BCUT2D eigenvalue weighted by molar-refractivity contribution is 5.86. The van der Waals surface area contributed by atoms with Gasteiger partial charge >= 0.3 is 5.97 Å². The van der Waals surface area contributed by atoms with Gasteiger partial charge in [0.15, 0.2) is 0 Å². The van der Waals surface area contributed by atoms with Crippen LogP contribution in [0, 0.1) is 6.92 Å². The van der Waals surface area contributed by atoms with Gasteiger partial charge in [-0.25, -0.2) is 4.79 Å². The highest BCUT2D eigenvalue weighted by Gasteiger charge is 2.13. The smallest absolute Gasteiger partial charge is 0.372 e. The summed E-state index contributed by atoms with van der Waals surface area (Å²) in [5.74, 6) is -0.508. The molecule has 1 aromatic heterocycles. The second-order valence-corrected chi connectivity index (χ2v) is 4.10. The Kier molecular flexibility index (Phi) is 5.84. The summed E-state index contributed by atoms with van der Waals surface area (Å²) in [6, 6.07) is 1.70. The highest BCUT2D eigenvalue weighted by atomic mass is 16.5. The molecule has 1 atom stereocenters. The van der Waals surface area contributed by atoms with E-state index >= 15 is 0 Å². The zero-order chi connectivity index (χ0) is 13.5. The number of nitrogens with one attached hydrogen (secondary N) is 1. The molecule has 0 aromatic carbocycles. The summed E-state index contributed by atoms with van der Waals surface area (Å²) in [7, 11) is 1.54. The fourth-order valence-electron chi connectivity index (χ4n) is 1.60. The van der Waals surface area contributed by atoms with Crippen LogP contribution < -0.4 is 5.32 Å². The Morgan fingerprint density at radius 1 is 1.61 bits per heavy atom. The standard InChI is InChI=1S/C12H19NO5/c1-8-5-10(18-11(8)12(15)16)6-13-4-3-9(14)7-17-2/h5,9,13-14H,3-4,6-7H2,1-2H3,(H,15,16). The Morgan fingerprint density at radius 3 is 2.89 bits per heavy atom. The van der Waals surface area contributed by atoms with Crippen molar-refractivity contribution in [3.63, 3.8) is 0 Å². The maximum atomic E-state index is 10.8. The number of furan rings is 1. The van der Waals surface area contributed by atoms with Crippen molar-refractivity contribution in [3.8, 4) is 0 Å². The van der Waals surface area contributed by atoms with Crippen LogP contribution in [0.4, 0.5) is 0 Å². The summed E-state index contributed by atoms with van der Waals surface area (Å²) >= 11 is 0. The van der Waals surface area contributed by atoms with E-state index in [9.17, 15) is 9.90 Å². The van der Waals surface area contributed by atoms with Crippen LogP contribution in [0.1, 0.15) is 28.3 Å². The van der Waals surface area contributed by atoms with Crippen molar-refractivity contribution in [1.82, 2.24) is 5.32 Å². The van der Waals surface area contributed by atoms with Gasteiger partial charge in [0, 0.05) is 12.7 Å². The number of carboxylic acid groups (broad SMARTS) is 1. The normalized spacial score (nSPS) is 12.6. The Morgan fingerprint density at radius 2 is 2.33 bits per heavy atom. The minimum absolute atomic E-state index is 0.0220. The van der Waals surface area contributed by atoms with Gasteiger partial charge in [0.1, 0.15) is 5.76 Å². The maximum absolute atomic E-state index is 10.8. The monoisotopic (exact) mass is 257 g/mol. The molecule has 0 radical (unpaired) electrons. The average Bonchev–Trinajstić information content (AvgIpc) is 2.66. The van der Waals surface area contributed by atoms with Crippen LogP contribution in [0.2, 0.25) is 0 Å². The van der Waals surface area contributed by atoms with Crippen LogP contribution in [0.15, 0.2) is 10.5 Å². The van der Waals surface area contributed by atoms with Gasteiger partial charge < -0.3 is 24.7 Å². The largest absolute Gasteiger partial charge is 0.475 e. The topological polar surface area (TPSA) is 91.9 Å². The van der Waals surface area contributed by atoms with Gasteiger partial charge in [-0.3, -0.25) is 0 Å². The molecule has 1 aromatic rings. The molecule has 0 aliphatic carbocycles. The number of rotatable bonds is 8. The number of ether oxygens (including phenoxy) is 1. The van der Waals surface area contributed by atoms with Crippen molar-refractivity contribution < 1.29 is 24.2 Å². The fraction of sp³-hybridized carbons (Fsp3) is 0.583. The lowest BCUT2D eigenvalue weighted by Gasteiger charge is -2.09. The van der Waals surface area contributed by atoms with Gasteiger partial charge in [0.05, 0.1) is 19.3 Å². The Balaban J connectivity index is 2.31. The minimum Gasteiger partial charge on any atom is -0.475 e. The minimum atomic E-state index is -1.06. The molecule has 0 amide bonds. The molecule has 0 saturated carbocycles. The third-order valence-electron chi connectivity index (χ3n) is 2.48. The molecule has 1 rings (SSSR count). The lowest BCUT2D eigenvalue weighted by Crippen LogP contribution is -2.22. The Hall–Kier alpha value is -1.37. The summed E-state index contributed by atoms with van der Waals surface area (Å²) in [5, 5.41) is 21.3. The van der Waals surface area contributed by atoms with Gasteiger partial charge in [0.2, 0.25) is 5.76 Å². The Labute approximate surface area is 106 Å². The van der Waals surface area contributed by atoms with E-state index in [1.54, 1.807) is 13.0 Å². The zero-order valence-electron chi connectivity index (χ0n) is 10.6. The quantitative estimate of drug-likeness (QED) is 0.596. The molecule has 3 N–H and O–H groups in total. The summed E-state index contributed by atoms with van der Waals surface area (Å²) in [4.78, 5) is 10.8. The zero-order valence-corrected chi connectivity index (χ0v) is 10.6. The van der Waals surface area contributed by atoms with Gasteiger partial charge in [-0.15, -0.1) is 0 Å². The van der Waals surface area contributed by atoms with Gasteiger partial charge in [-0.1, -0.05) is 0 Å². The molecular formula is C12H19NO5. The first-order valence-corrected chi connectivity index (χ1v) is 5.75. The molecule has 0 spiro atoms. The molecule has 0 bridgehead atoms. The van der Waals surface area contributed by atoms with Gasteiger partial charge in [-0.05, 0) is 26.0 Å². The second kappa shape index (κ2) is 7.15. The predicted octanol–water partition coefficient (Wildman–Crippen LogP) is 0.773. The lowest BCUT2D eigenvalue weighted by molar-refractivity contribution is 0.0593. The first-order valence-electron chi connectivity index (χ1n) is 5.75. The number of methoxy groups -OCH3 is 1. The van der Waals surface area contributed by atoms with Crippen LogP contribution in [-0.4, -0.2) is 42.5 Å². The van der Waals surface area contributed by atoms with Gasteiger partial charge in [0.25, 0.3) is 0 Å². The van der Waals surface area contributed by atoms with Crippen LogP contribution in [0.3, 0.4) is 0 Å². The van der Waals surface area contributed by atoms with Crippen LogP contribution in [-0.2, 0) is 11.3 Å². The number of aryl methyl sites for hydroxylation is 1. The predicted molar refractivity (Wildman–Crippen MR) is 64.6 cm³/mol. The first-order chi connectivity index (χ1) is 8.54. The second-order valence-electron chi connectivity index (χ2n) is 4.10. The van der Waals surface area contributed by atoms with E-state index in [-0.39, 0.29) is 5.76 Å². The molecule has 0 aliphatic rings. The van der Waals surface area contributed by atoms with Crippen LogP contribution in [0.25, 0.3) is 0 Å². The number of hydrogen-bond acceptors (Lipinski definition) is 5. The summed E-state index contributed by atoms with van der Waals surface area (Å²) < 4.78 is 9.98. The van der Waals surface area contributed by atoms with Crippen molar-refractivity contribution in [1.29, 1.82) is 0 Å². The van der Waals surface area contributed by atoms with Crippen molar-refractivity contribution in [2.75, 3.05) is 20.3 Å². The van der Waals surface area contributed by atoms with E-state index in [2.05, 4.69) is 5.32 Å². The Bertz CT molecular complexity index is 388. The summed E-state index contributed by atoms with van der Waals surface area (Å²) in [6.45, 7) is 3.05. The van der Waals surface area contributed by atoms with Gasteiger partial charge in [-0.2, -0.15) is 0 Å². The number of aliphatic hydroxyl groups excluding tert-OH is 1. The lowest BCUT2D eigenvalue weighted by atomic mass is 10.2. The van der Waals surface area contributed by atoms with Crippen molar-refractivity contribution >= 4 is 5.97 Å². The van der Waals surface area contributed by atoms with Crippen molar-refractivity contribution in [2.45, 2.75) is 26.0 Å². The first kappa shape index (κ1) is 14.7. The maximum Gasteiger partial charge on any atom is 0.372 e. The van der Waals surface area contributed by atoms with E-state index in [0.29, 0.717) is 37.4 Å². The average molecular weight is 257 g/mol. The van der Waals surface area contributed by atoms with Crippen molar-refractivity contribution in [3.05, 3.63) is 23.2 Å². The third-order valence-corrected chi connectivity index (χ3v) is 2.48. The van der Waals surface area contributed by atoms with E-state index in [0.717, 1.165) is 0 Å². The number of carboxylic acids is 1. The SMILES string of the molecule is COCC(O)CCNCc1cc(C)c(C(=O)O)o1. The summed E-state index contributed by atoms with van der Waals surface area (Å²) in [5.41, 5.74) is 0.610. The van der Waals surface area contributed by atoms with Crippen molar-refractivity contribution in [2.24, 2.45) is 0 Å². The fourth-order valence-corrected chi connectivity index (χ4v) is 1.60. The molecule has 0 fully saturated rings. The highest BCUT2D eigenvalue weighted by Crippen LogP contribution is 2.14. The number of aliphatic hydroxyl groups is 1. The molecule has 6 heteroatoms. The van der Waals surface area contributed by atoms with E-state index in [4.69, 9.17) is 14.3 Å². The van der Waals surface area contributed by atoms with E-state index in [1.165, 1.54) is 7.11 Å². The number of aromatic carboxylic acids is 1. The molecule has 18 heavy (non-hydrogen) atoms. The molecule has 102 valence electrons. The molecule has 0 aliphatic heterocycles. The number of hydrogen-bond donors (Lipinski definition) is 3. The number of carbonyl (C=O) groups is 1. The van der Waals surface area contributed by atoms with E-state index < -0.39 is 12.1 Å². The summed E-state index contributed by atoms with van der Waals surface area (Å²) in [6.07, 6.45) is 0.0784. The third kappa shape index (κ3) is 4.48. The molecule has 0 saturated heterocycles. The molecule has 1 heterocycles. The molecule has 6 nitrogen and oxygen atoms in total. The van der Waals surface area contributed by atoms with Crippen LogP contribution >= 0.6 is 0 Å². The van der Waals surface area contributed by atoms with E-state index in [1.807, 2.05) is 0 Å².